The van der Waals surface area contributed by atoms with E-state index in [9.17, 15) is 18.0 Å². The molecule has 0 saturated heterocycles. The molecule has 1 atom stereocenters. The first kappa shape index (κ1) is 33.4. The van der Waals surface area contributed by atoms with E-state index in [1.807, 2.05) is 60.6 Å². The van der Waals surface area contributed by atoms with E-state index in [0.717, 1.165) is 15.4 Å². The minimum atomic E-state index is -4.15. The van der Waals surface area contributed by atoms with Crippen LogP contribution in [0.25, 0.3) is 0 Å². The second-order valence-corrected chi connectivity index (χ2v) is 14.2. The van der Waals surface area contributed by atoms with Crippen LogP contribution in [0.5, 0.6) is 0 Å². The summed E-state index contributed by atoms with van der Waals surface area (Å²) in [5, 5.41) is 3.64. The predicted molar refractivity (Wildman–Crippen MR) is 171 cm³/mol. The van der Waals surface area contributed by atoms with Crippen LogP contribution in [-0.4, -0.2) is 43.3 Å². The molecule has 226 valence electrons. The normalized spacial score (nSPS) is 12.5. The molecule has 0 aromatic heterocycles. The van der Waals surface area contributed by atoms with E-state index in [1.165, 1.54) is 17.0 Å². The van der Waals surface area contributed by atoms with Crippen molar-refractivity contribution in [1.82, 2.24) is 10.2 Å². The van der Waals surface area contributed by atoms with Gasteiger partial charge in [0, 0.05) is 12.1 Å². The van der Waals surface area contributed by atoms with E-state index in [-0.39, 0.29) is 17.3 Å². The molecule has 0 aliphatic carbocycles. The molecule has 0 radical (unpaired) electrons. The number of carbonyl (C=O) groups is 2. The lowest BCUT2D eigenvalue weighted by Crippen LogP contribution is -2.55. The van der Waals surface area contributed by atoms with Crippen molar-refractivity contribution in [3.63, 3.8) is 0 Å². The molecule has 0 fully saturated rings. The van der Waals surface area contributed by atoms with Crippen LogP contribution in [0.1, 0.15) is 56.4 Å². The number of hydrogen-bond acceptors (Lipinski definition) is 4. The number of nitrogens with one attached hydrogen (secondary N) is 1. The zero-order chi connectivity index (χ0) is 31.4. The van der Waals surface area contributed by atoms with Crippen molar-refractivity contribution in [3.8, 4) is 0 Å². The van der Waals surface area contributed by atoms with Crippen molar-refractivity contribution in [1.29, 1.82) is 0 Å². The molecule has 3 rings (SSSR count). The smallest absolute Gasteiger partial charge is 0.264 e. The van der Waals surface area contributed by atoms with Crippen LogP contribution < -0.4 is 9.62 Å². The number of carbonyl (C=O) groups excluding carboxylic acids is 2. The van der Waals surface area contributed by atoms with Crippen molar-refractivity contribution in [2.24, 2.45) is 0 Å². The van der Waals surface area contributed by atoms with Crippen molar-refractivity contribution in [2.75, 3.05) is 10.8 Å². The standard InChI is InChI=1S/C32H39Cl2N3O4S/c1-8-28(31(39)35-32(5,6)7)36(19-24-12-15-26(33)27(34)18-24)30(38)20-37(29-16-11-22(3)17-23(29)4)42(40,41)25-13-9-21(2)10-14-25/h9-18,28H,8,19-20H2,1-7H3,(H,35,39). The summed E-state index contributed by atoms with van der Waals surface area (Å²) in [6.45, 7) is 12.5. The van der Waals surface area contributed by atoms with Crippen molar-refractivity contribution in [2.45, 2.75) is 77.9 Å². The molecule has 0 bridgehead atoms. The summed E-state index contributed by atoms with van der Waals surface area (Å²) in [5.74, 6) is -0.870. The molecule has 2 amide bonds. The largest absolute Gasteiger partial charge is 0.350 e. The van der Waals surface area contributed by atoms with E-state index in [4.69, 9.17) is 23.2 Å². The van der Waals surface area contributed by atoms with Gasteiger partial charge in [-0.1, -0.05) is 71.6 Å². The molecule has 0 aliphatic rings. The van der Waals surface area contributed by atoms with Crippen LogP contribution in [-0.2, 0) is 26.2 Å². The molecule has 0 saturated carbocycles. The molecule has 0 spiro atoms. The van der Waals surface area contributed by atoms with Crippen LogP contribution in [0.15, 0.2) is 65.6 Å². The predicted octanol–water partition coefficient (Wildman–Crippen LogP) is 6.84. The second kappa shape index (κ2) is 13.5. The van der Waals surface area contributed by atoms with Gasteiger partial charge in [0.25, 0.3) is 10.0 Å². The fourth-order valence-corrected chi connectivity index (χ4v) is 6.44. The van der Waals surface area contributed by atoms with Gasteiger partial charge in [-0.05, 0) is 89.4 Å². The van der Waals surface area contributed by atoms with Crippen LogP contribution in [0.3, 0.4) is 0 Å². The minimum Gasteiger partial charge on any atom is -0.350 e. The van der Waals surface area contributed by atoms with Gasteiger partial charge < -0.3 is 10.2 Å². The Kier molecular flexibility index (Phi) is 10.7. The maximum atomic E-state index is 14.2. The van der Waals surface area contributed by atoms with Crippen LogP contribution >= 0.6 is 23.2 Å². The van der Waals surface area contributed by atoms with E-state index in [2.05, 4.69) is 5.32 Å². The third kappa shape index (κ3) is 8.27. The Morgan fingerprint density at radius 1 is 0.881 bits per heavy atom. The Morgan fingerprint density at radius 3 is 2.05 bits per heavy atom. The number of amides is 2. The number of benzene rings is 3. The van der Waals surface area contributed by atoms with E-state index >= 15 is 0 Å². The average molecular weight is 633 g/mol. The minimum absolute atomic E-state index is 0.0249. The van der Waals surface area contributed by atoms with Gasteiger partial charge >= 0.3 is 0 Å². The average Bonchev–Trinajstić information content (AvgIpc) is 2.88. The fraction of sp³-hybridized carbons (Fsp3) is 0.375. The summed E-state index contributed by atoms with van der Waals surface area (Å²) in [4.78, 5) is 29.2. The summed E-state index contributed by atoms with van der Waals surface area (Å²) in [6.07, 6.45) is 0.309. The quantitative estimate of drug-likeness (QED) is 0.265. The van der Waals surface area contributed by atoms with E-state index in [0.29, 0.717) is 33.3 Å². The maximum Gasteiger partial charge on any atom is 0.264 e. The lowest BCUT2D eigenvalue weighted by atomic mass is 10.1. The molecule has 3 aromatic carbocycles. The van der Waals surface area contributed by atoms with Gasteiger partial charge in [0.15, 0.2) is 0 Å². The van der Waals surface area contributed by atoms with E-state index in [1.54, 1.807) is 36.4 Å². The zero-order valence-corrected chi connectivity index (χ0v) is 27.5. The summed E-state index contributed by atoms with van der Waals surface area (Å²) in [5.41, 5.74) is 3.07. The zero-order valence-electron chi connectivity index (χ0n) is 25.2. The molecule has 42 heavy (non-hydrogen) atoms. The third-order valence-corrected chi connectivity index (χ3v) is 9.24. The van der Waals surface area contributed by atoms with Crippen molar-refractivity contribution in [3.05, 3.63) is 93.0 Å². The molecule has 10 heteroatoms. The highest BCUT2D eigenvalue weighted by Crippen LogP contribution is 2.29. The fourth-order valence-electron chi connectivity index (χ4n) is 4.64. The number of halogens is 2. The lowest BCUT2D eigenvalue weighted by Gasteiger charge is -2.35. The van der Waals surface area contributed by atoms with Gasteiger partial charge in [0.1, 0.15) is 12.6 Å². The maximum absolute atomic E-state index is 14.2. The van der Waals surface area contributed by atoms with Crippen LogP contribution in [0, 0.1) is 20.8 Å². The van der Waals surface area contributed by atoms with Gasteiger partial charge in [-0.2, -0.15) is 0 Å². The third-order valence-electron chi connectivity index (χ3n) is 6.73. The Morgan fingerprint density at radius 2 is 1.50 bits per heavy atom. The molecule has 0 heterocycles. The number of anilines is 1. The Hall–Kier alpha value is -3.07. The van der Waals surface area contributed by atoms with Crippen LogP contribution in [0.2, 0.25) is 10.0 Å². The Labute approximate surface area is 259 Å². The number of rotatable bonds is 10. The molecule has 1 N–H and O–H groups in total. The second-order valence-electron chi connectivity index (χ2n) is 11.5. The summed E-state index contributed by atoms with van der Waals surface area (Å²) in [7, 11) is -4.15. The monoisotopic (exact) mass is 631 g/mol. The molecule has 0 aliphatic heterocycles. The topological polar surface area (TPSA) is 86.8 Å². The Balaban J connectivity index is 2.12. The highest BCUT2D eigenvalue weighted by Gasteiger charge is 2.35. The summed E-state index contributed by atoms with van der Waals surface area (Å²) < 4.78 is 29.3. The van der Waals surface area contributed by atoms with Crippen LogP contribution in [0.4, 0.5) is 5.69 Å². The SMILES string of the molecule is CCC(C(=O)NC(C)(C)C)N(Cc1ccc(Cl)c(Cl)c1)C(=O)CN(c1ccc(C)cc1C)S(=O)(=O)c1ccc(C)cc1. The Bertz CT molecular complexity index is 1550. The van der Waals surface area contributed by atoms with Crippen molar-refractivity contribution >= 4 is 50.7 Å². The van der Waals surface area contributed by atoms with E-state index < -0.39 is 34.1 Å². The molecule has 7 nitrogen and oxygen atoms in total. The van der Waals surface area contributed by atoms with Gasteiger partial charge in [-0.25, -0.2) is 8.42 Å². The molecule has 1 unspecified atom stereocenters. The molecule has 3 aromatic rings. The van der Waals surface area contributed by atoms with Gasteiger partial charge in [-0.3, -0.25) is 13.9 Å². The van der Waals surface area contributed by atoms with Gasteiger partial charge in [0.2, 0.25) is 11.8 Å². The molecular formula is C32H39Cl2N3O4S. The lowest BCUT2D eigenvalue weighted by molar-refractivity contribution is -0.141. The molecular weight excluding hydrogens is 593 g/mol. The van der Waals surface area contributed by atoms with Crippen molar-refractivity contribution < 1.29 is 18.0 Å². The summed E-state index contributed by atoms with van der Waals surface area (Å²) in [6, 6.07) is 16.0. The number of sulfonamides is 1. The first-order valence-corrected chi connectivity index (χ1v) is 15.9. The highest BCUT2D eigenvalue weighted by atomic mass is 35.5. The first-order chi connectivity index (χ1) is 19.5. The first-order valence-electron chi connectivity index (χ1n) is 13.8. The number of aryl methyl sites for hydroxylation is 3. The highest BCUT2D eigenvalue weighted by molar-refractivity contribution is 7.92. The number of hydrogen-bond donors (Lipinski definition) is 1. The summed E-state index contributed by atoms with van der Waals surface area (Å²) >= 11 is 12.4. The number of nitrogens with zero attached hydrogens (tertiary/aromatic N) is 2. The van der Waals surface area contributed by atoms with Gasteiger partial charge in [-0.15, -0.1) is 0 Å². The van der Waals surface area contributed by atoms with Gasteiger partial charge in [0.05, 0.1) is 20.6 Å².